The molecule has 6 heteroatoms. The molecule has 0 aliphatic carbocycles. The SMILES string of the molecule is CN1CCN(c2noc(N)c2C#N)CC1. The van der Waals surface area contributed by atoms with E-state index in [-0.39, 0.29) is 5.88 Å². The van der Waals surface area contributed by atoms with Crippen molar-refractivity contribution < 1.29 is 4.52 Å². The van der Waals surface area contributed by atoms with Crippen LogP contribution in [0, 0.1) is 11.3 Å². The Hall–Kier alpha value is -1.74. The van der Waals surface area contributed by atoms with Crippen LogP contribution in [-0.4, -0.2) is 43.3 Å². The lowest BCUT2D eigenvalue weighted by Crippen LogP contribution is -2.44. The van der Waals surface area contributed by atoms with Crippen molar-refractivity contribution in [2.45, 2.75) is 0 Å². The Bertz CT molecular complexity index is 386. The predicted molar refractivity (Wildman–Crippen MR) is 55.3 cm³/mol. The maximum atomic E-state index is 8.90. The van der Waals surface area contributed by atoms with Crippen molar-refractivity contribution in [1.29, 1.82) is 5.26 Å². The molecule has 0 amide bonds. The summed E-state index contributed by atoms with van der Waals surface area (Å²) in [5.74, 6) is 0.675. The molecule has 2 rings (SSSR count). The molecule has 0 unspecified atom stereocenters. The molecule has 6 nitrogen and oxygen atoms in total. The number of anilines is 2. The van der Waals surface area contributed by atoms with Crippen LogP contribution in [0.3, 0.4) is 0 Å². The van der Waals surface area contributed by atoms with Crippen LogP contribution in [0.5, 0.6) is 0 Å². The molecule has 15 heavy (non-hydrogen) atoms. The number of nitrogens with two attached hydrogens (primary N) is 1. The summed E-state index contributed by atoms with van der Waals surface area (Å²) in [6, 6.07) is 2.02. The van der Waals surface area contributed by atoms with Gasteiger partial charge in [0.15, 0.2) is 11.4 Å². The quantitative estimate of drug-likeness (QED) is 0.691. The van der Waals surface area contributed by atoms with E-state index in [1.54, 1.807) is 0 Å². The molecule has 1 fully saturated rings. The molecule has 0 aromatic carbocycles. The third kappa shape index (κ3) is 1.74. The normalized spacial score (nSPS) is 17.7. The highest BCUT2D eigenvalue weighted by Crippen LogP contribution is 2.24. The average molecular weight is 207 g/mol. The van der Waals surface area contributed by atoms with Crippen LogP contribution in [0.1, 0.15) is 5.56 Å². The first-order valence-electron chi connectivity index (χ1n) is 4.81. The van der Waals surface area contributed by atoms with Gasteiger partial charge >= 0.3 is 0 Å². The van der Waals surface area contributed by atoms with Crippen molar-refractivity contribution in [2.75, 3.05) is 43.9 Å². The molecule has 0 radical (unpaired) electrons. The summed E-state index contributed by atoms with van der Waals surface area (Å²) in [5.41, 5.74) is 5.84. The molecular weight excluding hydrogens is 194 g/mol. The molecule has 1 saturated heterocycles. The molecule has 0 spiro atoms. The Morgan fingerprint density at radius 3 is 2.67 bits per heavy atom. The van der Waals surface area contributed by atoms with Gasteiger partial charge in [-0.1, -0.05) is 5.16 Å². The Morgan fingerprint density at radius 1 is 1.40 bits per heavy atom. The van der Waals surface area contributed by atoms with Gasteiger partial charge in [-0.25, -0.2) is 0 Å². The Labute approximate surface area is 87.8 Å². The van der Waals surface area contributed by atoms with Crippen LogP contribution in [0.4, 0.5) is 11.7 Å². The Morgan fingerprint density at radius 2 is 2.07 bits per heavy atom. The van der Waals surface area contributed by atoms with Crippen LogP contribution in [0.25, 0.3) is 0 Å². The molecular formula is C9H13N5O. The monoisotopic (exact) mass is 207 g/mol. The first kappa shape index (κ1) is 9.80. The number of likely N-dealkylation sites (N-methyl/N-ethyl adjacent to an activating group) is 1. The molecule has 1 aromatic rings. The summed E-state index contributed by atoms with van der Waals surface area (Å²) in [4.78, 5) is 4.25. The number of nitrogen functional groups attached to an aromatic ring is 1. The van der Waals surface area contributed by atoms with E-state index in [1.165, 1.54) is 0 Å². The molecule has 80 valence electrons. The van der Waals surface area contributed by atoms with E-state index in [1.807, 2.05) is 11.0 Å². The largest absolute Gasteiger partial charge is 0.366 e. The van der Waals surface area contributed by atoms with Crippen LogP contribution >= 0.6 is 0 Å². The number of rotatable bonds is 1. The molecule has 0 saturated carbocycles. The Balaban J connectivity index is 2.20. The van der Waals surface area contributed by atoms with E-state index in [9.17, 15) is 0 Å². The number of nitriles is 1. The lowest BCUT2D eigenvalue weighted by molar-refractivity contribution is 0.310. The minimum atomic E-state index is 0.103. The highest BCUT2D eigenvalue weighted by Gasteiger charge is 2.22. The van der Waals surface area contributed by atoms with Crippen LogP contribution in [-0.2, 0) is 0 Å². The summed E-state index contributed by atoms with van der Waals surface area (Å²) < 4.78 is 4.82. The Kier molecular flexibility index (Phi) is 2.47. The van der Waals surface area contributed by atoms with Gasteiger partial charge in [-0.2, -0.15) is 5.26 Å². The minimum Gasteiger partial charge on any atom is -0.366 e. The maximum Gasteiger partial charge on any atom is 0.242 e. The van der Waals surface area contributed by atoms with E-state index < -0.39 is 0 Å². The molecule has 0 atom stereocenters. The highest BCUT2D eigenvalue weighted by atomic mass is 16.5. The zero-order valence-corrected chi connectivity index (χ0v) is 8.60. The fraction of sp³-hybridized carbons (Fsp3) is 0.556. The van der Waals surface area contributed by atoms with Gasteiger partial charge in [0, 0.05) is 26.2 Å². The highest BCUT2D eigenvalue weighted by molar-refractivity contribution is 5.62. The number of nitrogens with zero attached hydrogens (tertiary/aromatic N) is 4. The molecule has 1 aliphatic rings. The van der Waals surface area contributed by atoms with Crippen molar-refractivity contribution in [1.82, 2.24) is 10.1 Å². The summed E-state index contributed by atoms with van der Waals surface area (Å²) in [6.45, 7) is 3.60. The van der Waals surface area contributed by atoms with E-state index in [0.29, 0.717) is 11.4 Å². The summed E-state index contributed by atoms with van der Waals surface area (Å²) in [7, 11) is 2.07. The van der Waals surface area contributed by atoms with Crippen LogP contribution in [0.2, 0.25) is 0 Å². The van der Waals surface area contributed by atoms with Crippen LogP contribution < -0.4 is 10.6 Å². The van der Waals surface area contributed by atoms with Gasteiger partial charge in [0.2, 0.25) is 5.88 Å². The molecule has 1 aromatic heterocycles. The molecule has 2 heterocycles. The van der Waals surface area contributed by atoms with Crippen LogP contribution in [0.15, 0.2) is 4.52 Å². The van der Waals surface area contributed by atoms with Crippen molar-refractivity contribution in [3.63, 3.8) is 0 Å². The van der Waals surface area contributed by atoms with Gasteiger partial charge in [0.05, 0.1) is 0 Å². The van der Waals surface area contributed by atoms with Gasteiger partial charge in [-0.05, 0) is 7.05 Å². The van der Waals surface area contributed by atoms with Crippen molar-refractivity contribution >= 4 is 11.7 Å². The number of hydrogen-bond donors (Lipinski definition) is 1. The minimum absolute atomic E-state index is 0.103. The smallest absolute Gasteiger partial charge is 0.242 e. The standard InChI is InChI=1S/C9H13N5O/c1-13-2-4-14(5-3-13)9-7(6-10)8(11)15-12-9/h2-5,11H2,1H3. The summed E-state index contributed by atoms with van der Waals surface area (Å²) >= 11 is 0. The summed E-state index contributed by atoms with van der Waals surface area (Å²) in [5, 5.41) is 12.7. The summed E-state index contributed by atoms with van der Waals surface area (Å²) in [6.07, 6.45) is 0. The zero-order chi connectivity index (χ0) is 10.8. The van der Waals surface area contributed by atoms with Gasteiger partial charge in [0.25, 0.3) is 0 Å². The third-order valence-electron chi connectivity index (χ3n) is 2.62. The van der Waals surface area contributed by atoms with E-state index in [4.69, 9.17) is 15.5 Å². The second kappa shape index (κ2) is 3.79. The second-order valence-corrected chi connectivity index (χ2v) is 3.65. The van der Waals surface area contributed by atoms with Gasteiger partial charge in [-0.3, -0.25) is 0 Å². The van der Waals surface area contributed by atoms with Gasteiger partial charge < -0.3 is 20.1 Å². The van der Waals surface area contributed by atoms with Gasteiger partial charge in [0.1, 0.15) is 6.07 Å². The lowest BCUT2D eigenvalue weighted by atomic mass is 10.2. The van der Waals surface area contributed by atoms with E-state index in [2.05, 4.69) is 17.1 Å². The molecule has 2 N–H and O–H groups in total. The second-order valence-electron chi connectivity index (χ2n) is 3.65. The molecule has 0 bridgehead atoms. The van der Waals surface area contributed by atoms with E-state index >= 15 is 0 Å². The number of aromatic nitrogens is 1. The first-order chi connectivity index (χ1) is 7.22. The fourth-order valence-electron chi connectivity index (χ4n) is 1.63. The van der Waals surface area contributed by atoms with Crippen molar-refractivity contribution in [3.05, 3.63) is 5.56 Å². The maximum absolute atomic E-state index is 8.90. The number of piperazine rings is 1. The van der Waals surface area contributed by atoms with Crippen molar-refractivity contribution in [3.8, 4) is 6.07 Å². The fourth-order valence-corrected chi connectivity index (χ4v) is 1.63. The zero-order valence-electron chi connectivity index (χ0n) is 8.60. The van der Waals surface area contributed by atoms with Crippen molar-refractivity contribution in [2.24, 2.45) is 0 Å². The number of hydrogen-bond acceptors (Lipinski definition) is 6. The van der Waals surface area contributed by atoms with Gasteiger partial charge in [-0.15, -0.1) is 0 Å². The predicted octanol–water partition coefficient (Wildman–Crippen LogP) is -0.120. The average Bonchev–Trinajstić information content (AvgIpc) is 2.61. The topological polar surface area (TPSA) is 82.3 Å². The lowest BCUT2D eigenvalue weighted by Gasteiger charge is -2.32. The van der Waals surface area contributed by atoms with E-state index in [0.717, 1.165) is 26.2 Å². The third-order valence-corrected chi connectivity index (χ3v) is 2.62. The first-order valence-corrected chi connectivity index (χ1v) is 4.81. The molecule has 1 aliphatic heterocycles.